The van der Waals surface area contributed by atoms with E-state index in [9.17, 15) is 0 Å². The number of nitrogens with zero attached hydrogens (tertiary/aromatic N) is 2. The largest absolute Gasteiger partial charge is 0.310 e. The van der Waals surface area contributed by atoms with Crippen LogP contribution in [-0.4, -0.2) is 22.5 Å². The van der Waals surface area contributed by atoms with E-state index in [4.69, 9.17) is 0 Å². The zero-order chi connectivity index (χ0) is 15.1. The normalized spacial score (nSPS) is 11.5. The van der Waals surface area contributed by atoms with Gasteiger partial charge in [-0.3, -0.25) is 9.88 Å². The highest BCUT2D eigenvalue weighted by atomic mass is 32.1. The Morgan fingerprint density at radius 2 is 1.81 bits per heavy atom. The molecule has 0 aliphatic rings. The molecule has 0 unspecified atom stereocenters. The Kier molecular flexibility index (Phi) is 6.36. The zero-order valence-electron chi connectivity index (χ0n) is 13.2. The number of hydrogen-bond donors (Lipinski definition) is 1. The van der Waals surface area contributed by atoms with Crippen LogP contribution in [-0.2, 0) is 19.6 Å². The van der Waals surface area contributed by atoms with Crippen LogP contribution in [0.1, 0.15) is 36.1 Å². The fraction of sp³-hybridized carbons (Fsp3) is 0.471. The lowest BCUT2D eigenvalue weighted by Gasteiger charge is -2.19. The van der Waals surface area contributed by atoms with Gasteiger partial charge in [-0.2, -0.15) is 0 Å². The molecular weight excluding hydrogens is 278 g/mol. The molecule has 2 rings (SSSR count). The molecule has 0 fully saturated rings. The molecule has 0 atom stereocenters. The lowest BCUT2D eigenvalue weighted by molar-refractivity contribution is 0.274. The van der Waals surface area contributed by atoms with Crippen molar-refractivity contribution in [3.8, 4) is 0 Å². The zero-order valence-corrected chi connectivity index (χ0v) is 14.0. The van der Waals surface area contributed by atoms with Crippen LogP contribution in [0.25, 0.3) is 0 Å². The summed E-state index contributed by atoms with van der Waals surface area (Å²) in [4.78, 5) is 9.39. The summed E-state index contributed by atoms with van der Waals surface area (Å²) in [5, 5.41) is 3.47. The van der Waals surface area contributed by atoms with Crippen LogP contribution in [0.2, 0.25) is 0 Å². The van der Waals surface area contributed by atoms with Gasteiger partial charge in [0.15, 0.2) is 0 Å². The van der Waals surface area contributed by atoms with Crippen molar-refractivity contribution < 1.29 is 0 Å². The molecule has 0 aliphatic heterocycles. The van der Waals surface area contributed by atoms with Crippen LogP contribution in [0.5, 0.6) is 0 Å². The van der Waals surface area contributed by atoms with Gasteiger partial charge >= 0.3 is 0 Å². The first-order chi connectivity index (χ1) is 10.2. The molecule has 0 spiro atoms. The molecule has 0 bridgehead atoms. The first-order valence-electron chi connectivity index (χ1n) is 7.59. The molecule has 2 heterocycles. The highest BCUT2D eigenvalue weighted by Crippen LogP contribution is 2.19. The van der Waals surface area contributed by atoms with Gasteiger partial charge in [0.05, 0.1) is 0 Å². The van der Waals surface area contributed by atoms with Gasteiger partial charge in [0.25, 0.3) is 0 Å². The molecule has 114 valence electrons. The Hall–Kier alpha value is -1.23. The molecule has 21 heavy (non-hydrogen) atoms. The molecule has 0 aromatic carbocycles. The Labute approximate surface area is 132 Å². The number of hydrogen-bond acceptors (Lipinski definition) is 4. The van der Waals surface area contributed by atoms with E-state index in [0.29, 0.717) is 6.04 Å². The molecule has 0 saturated heterocycles. The van der Waals surface area contributed by atoms with Crippen molar-refractivity contribution in [2.24, 2.45) is 0 Å². The Morgan fingerprint density at radius 1 is 1.10 bits per heavy atom. The van der Waals surface area contributed by atoms with E-state index < -0.39 is 0 Å². The van der Waals surface area contributed by atoms with E-state index in [1.165, 1.54) is 15.3 Å². The van der Waals surface area contributed by atoms with Gasteiger partial charge in [0.2, 0.25) is 0 Å². The van der Waals surface area contributed by atoms with Crippen molar-refractivity contribution in [1.82, 2.24) is 15.2 Å². The Balaban J connectivity index is 1.89. The molecule has 0 aliphatic carbocycles. The van der Waals surface area contributed by atoms with E-state index in [1.807, 2.05) is 23.7 Å². The topological polar surface area (TPSA) is 28.2 Å². The van der Waals surface area contributed by atoms with Gasteiger partial charge in [0.1, 0.15) is 0 Å². The molecular formula is C17H25N3S. The predicted molar refractivity (Wildman–Crippen MR) is 90.3 cm³/mol. The minimum Gasteiger partial charge on any atom is -0.310 e. The lowest BCUT2D eigenvalue weighted by atomic mass is 10.2. The number of nitrogens with one attached hydrogen (secondary N) is 1. The van der Waals surface area contributed by atoms with Gasteiger partial charge in [-0.05, 0) is 36.4 Å². The predicted octanol–water partition coefficient (Wildman–Crippen LogP) is 3.66. The maximum atomic E-state index is 4.08. The van der Waals surface area contributed by atoms with Gasteiger partial charge in [0, 0.05) is 47.8 Å². The van der Waals surface area contributed by atoms with E-state index in [2.05, 4.69) is 60.2 Å². The highest BCUT2D eigenvalue weighted by molar-refractivity contribution is 7.11. The number of rotatable bonds is 8. The first-order valence-corrected chi connectivity index (χ1v) is 8.41. The van der Waals surface area contributed by atoms with Crippen molar-refractivity contribution in [1.29, 1.82) is 0 Å². The Bertz CT molecular complexity index is 522. The second kappa shape index (κ2) is 8.27. The van der Waals surface area contributed by atoms with Crippen molar-refractivity contribution in [2.45, 2.75) is 46.4 Å². The average Bonchev–Trinajstić information content (AvgIpc) is 2.93. The molecule has 0 amide bonds. The van der Waals surface area contributed by atoms with Crippen molar-refractivity contribution in [2.75, 3.05) is 6.54 Å². The van der Waals surface area contributed by atoms with Crippen LogP contribution in [0.4, 0.5) is 0 Å². The smallest absolute Gasteiger partial charge is 0.0331 e. The van der Waals surface area contributed by atoms with Crippen LogP contribution in [0.15, 0.2) is 36.7 Å². The first kappa shape index (κ1) is 16.1. The molecule has 4 heteroatoms. The highest BCUT2D eigenvalue weighted by Gasteiger charge is 2.07. The third kappa shape index (κ3) is 5.58. The quantitative estimate of drug-likeness (QED) is 0.806. The van der Waals surface area contributed by atoms with Gasteiger partial charge in [-0.1, -0.05) is 20.8 Å². The minimum absolute atomic E-state index is 0.536. The molecule has 0 saturated carbocycles. The summed E-state index contributed by atoms with van der Waals surface area (Å²) in [6, 6.07) is 9.23. The van der Waals surface area contributed by atoms with Crippen molar-refractivity contribution in [3.63, 3.8) is 0 Å². The summed E-state index contributed by atoms with van der Waals surface area (Å²) in [6.07, 6.45) is 3.73. The molecule has 3 nitrogen and oxygen atoms in total. The van der Waals surface area contributed by atoms with E-state index in [1.54, 1.807) is 0 Å². The van der Waals surface area contributed by atoms with Crippen molar-refractivity contribution in [3.05, 3.63) is 52.0 Å². The standard InChI is InChI=1S/C17H25N3S/c1-4-20(12-15-7-9-18-10-8-15)13-17-6-5-16(21-17)11-19-14(2)3/h5-10,14,19H,4,11-13H2,1-3H3. The summed E-state index contributed by atoms with van der Waals surface area (Å²) in [5.41, 5.74) is 1.32. The molecule has 1 N–H and O–H groups in total. The van der Waals surface area contributed by atoms with Crippen LogP contribution in [0.3, 0.4) is 0 Å². The molecule has 2 aromatic heterocycles. The van der Waals surface area contributed by atoms with E-state index in [-0.39, 0.29) is 0 Å². The number of pyridine rings is 1. The monoisotopic (exact) mass is 303 g/mol. The minimum atomic E-state index is 0.536. The third-order valence-electron chi connectivity index (χ3n) is 3.38. The fourth-order valence-corrected chi connectivity index (χ4v) is 3.16. The summed E-state index contributed by atoms with van der Waals surface area (Å²) < 4.78 is 0. The fourth-order valence-electron chi connectivity index (χ4n) is 2.15. The number of thiophene rings is 1. The van der Waals surface area contributed by atoms with Crippen molar-refractivity contribution >= 4 is 11.3 Å². The summed E-state index contributed by atoms with van der Waals surface area (Å²) in [5.74, 6) is 0. The second-order valence-corrected chi connectivity index (χ2v) is 6.82. The number of aromatic nitrogens is 1. The van der Waals surface area contributed by atoms with Crippen LogP contribution < -0.4 is 5.32 Å². The maximum absolute atomic E-state index is 4.08. The summed E-state index contributed by atoms with van der Waals surface area (Å²) in [6.45, 7) is 10.6. The second-order valence-electron chi connectivity index (χ2n) is 5.56. The average molecular weight is 303 g/mol. The third-order valence-corrected chi connectivity index (χ3v) is 4.45. The van der Waals surface area contributed by atoms with Crippen LogP contribution >= 0.6 is 11.3 Å². The summed E-state index contributed by atoms with van der Waals surface area (Å²) >= 11 is 1.91. The van der Waals surface area contributed by atoms with E-state index in [0.717, 1.165) is 26.2 Å². The van der Waals surface area contributed by atoms with E-state index >= 15 is 0 Å². The van der Waals surface area contributed by atoms with Gasteiger partial charge in [-0.15, -0.1) is 11.3 Å². The molecule has 2 aromatic rings. The SMILES string of the molecule is CCN(Cc1ccncc1)Cc1ccc(CNC(C)C)s1. The lowest BCUT2D eigenvalue weighted by Crippen LogP contribution is -2.22. The molecule has 0 radical (unpaired) electrons. The Morgan fingerprint density at radius 3 is 2.48 bits per heavy atom. The van der Waals surface area contributed by atoms with Crippen LogP contribution in [0, 0.1) is 0 Å². The summed E-state index contributed by atoms with van der Waals surface area (Å²) in [7, 11) is 0. The maximum Gasteiger partial charge on any atom is 0.0331 e. The van der Waals surface area contributed by atoms with Gasteiger partial charge in [-0.25, -0.2) is 0 Å². The van der Waals surface area contributed by atoms with Gasteiger partial charge < -0.3 is 5.32 Å².